The van der Waals surface area contributed by atoms with E-state index in [0.717, 1.165) is 0 Å². The number of benzene rings is 3. The largest absolute Gasteiger partial charge is 0.507 e. The second-order valence-electron chi connectivity index (χ2n) is 6.73. The normalized spacial score (nSPS) is 10.6. The standard InChI is InChI=1S/C24H21BrN2O7/c1-31-20-10-15(11-21(32-2)22(20)33-3)24(30)34-17-7-4-14(5-8-17)13-26-27-23(29)18-12-16(25)6-9-19(18)28/h4-13,28H,1-3H3,(H,27,29)/b26-13-. The van der Waals surface area contributed by atoms with Crippen molar-refractivity contribution in [2.45, 2.75) is 0 Å². The summed E-state index contributed by atoms with van der Waals surface area (Å²) in [6, 6.07) is 14.0. The monoisotopic (exact) mass is 528 g/mol. The van der Waals surface area contributed by atoms with E-state index in [2.05, 4.69) is 26.5 Å². The molecule has 34 heavy (non-hydrogen) atoms. The van der Waals surface area contributed by atoms with Gasteiger partial charge in [0.05, 0.1) is 38.7 Å². The van der Waals surface area contributed by atoms with Gasteiger partial charge in [0.25, 0.3) is 5.91 Å². The lowest BCUT2D eigenvalue weighted by Gasteiger charge is -2.13. The van der Waals surface area contributed by atoms with Crippen molar-refractivity contribution in [3.8, 4) is 28.7 Å². The van der Waals surface area contributed by atoms with E-state index in [9.17, 15) is 14.7 Å². The number of rotatable bonds is 8. The van der Waals surface area contributed by atoms with Crippen LogP contribution in [0.25, 0.3) is 0 Å². The summed E-state index contributed by atoms with van der Waals surface area (Å²) in [6.07, 6.45) is 1.41. The van der Waals surface area contributed by atoms with E-state index in [-0.39, 0.29) is 16.9 Å². The minimum Gasteiger partial charge on any atom is -0.507 e. The first kappa shape index (κ1) is 24.6. The summed E-state index contributed by atoms with van der Waals surface area (Å²) >= 11 is 3.25. The maximum Gasteiger partial charge on any atom is 0.343 e. The molecule has 0 aliphatic carbocycles. The van der Waals surface area contributed by atoms with Crippen LogP contribution < -0.4 is 24.4 Å². The van der Waals surface area contributed by atoms with Crippen molar-refractivity contribution < 1.29 is 33.6 Å². The summed E-state index contributed by atoms with van der Waals surface area (Å²) in [5.74, 6) is 0.00504. The van der Waals surface area contributed by atoms with Crippen molar-refractivity contribution in [2.24, 2.45) is 5.10 Å². The van der Waals surface area contributed by atoms with E-state index in [1.165, 1.54) is 51.8 Å². The molecule has 0 bridgehead atoms. The van der Waals surface area contributed by atoms with Crippen LogP contribution in [0, 0.1) is 0 Å². The fourth-order valence-electron chi connectivity index (χ4n) is 2.90. The van der Waals surface area contributed by atoms with E-state index in [4.69, 9.17) is 18.9 Å². The Balaban J connectivity index is 1.65. The van der Waals surface area contributed by atoms with Gasteiger partial charge in [-0.05, 0) is 60.2 Å². The van der Waals surface area contributed by atoms with Crippen LogP contribution in [0.15, 0.2) is 64.2 Å². The van der Waals surface area contributed by atoms with Crippen LogP contribution in [0.4, 0.5) is 0 Å². The minimum atomic E-state index is -0.609. The zero-order valence-electron chi connectivity index (χ0n) is 18.5. The Morgan fingerprint density at radius 2 is 1.59 bits per heavy atom. The van der Waals surface area contributed by atoms with Crippen LogP contribution >= 0.6 is 15.9 Å². The van der Waals surface area contributed by atoms with Crippen LogP contribution in [0.1, 0.15) is 26.3 Å². The van der Waals surface area contributed by atoms with Crippen molar-refractivity contribution in [1.29, 1.82) is 0 Å². The van der Waals surface area contributed by atoms with Crippen LogP contribution in [-0.4, -0.2) is 44.5 Å². The fourth-order valence-corrected chi connectivity index (χ4v) is 3.26. The average Bonchev–Trinajstić information content (AvgIpc) is 2.85. The molecule has 9 nitrogen and oxygen atoms in total. The molecule has 3 aromatic rings. The third kappa shape index (κ3) is 5.84. The summed E-state index contributed by atoms with van der Waals surface area (Å²) in [7, 11) is 4.38. The van der Waals surface area contributed by atoms with Crippen LogP contribution in [0.3, 0.4) is 0 Å². The Kier molecular flexibility index (Phi) is 8.10. The molecule has 1 amide bonds. The molecule has 3 aromatic carbocycles. The average molecular weight is 529 g/mol. The third-order valence-corrected chi connectivity index (χ3v) is 5.07. The van der Waals surface area contributed by atoms with Gasteiger partial charge < -0.3 is 24.1 Å². The Morgan fingerprint density at radius 1 is 0.941 bits per heavy atom. The third-order valence-electron chi connectivity index (χ3n) is 4.57. The molecule has 0 saturated heterocycles. The molecule has 10 heteroatoms. The second kappa shape index (κ2) is 11.2. The van der Waals surface area contributed by atoms with E-state index in [0.29, 0.717) is 33.0 Å². The molecular weight excluding hydrogens is 508 g/mol. The summed E-state index contributed by atoms with van der Waals surface area (Å²) in [6.45, 7) is 0. The van der Waals surface area contributed by atoms with Gasteiger partial charge in [0.15, 0.2) is 11.5 Å². The highest BCUT2D eigenvalue weighted by Crippen LogP contribution is 2.38. The molecule has 0 atom stereocenters. The molecule has 0 saturated carbocycles. The lowest BCUT2D eigenvalue weighted by molar-refractivity contribution is 0.0733. The van der Waals surface area contributed by atoms with Gasteiger partial charge in [0.1, 0.15) is 11.5 Å². The number of hydrazone groups is 1. The lowest BCUT2D eigenvalue weighted by atomic mass is 10.2. The highest BCUT2D eigenvalue weighted by atomic mass is 79.9. The number of esters is 1. The number of hydrogen-bond acceptors (Lipinski definition) is 8. The molecule has 0 radical (unpaired) electrons. The minimum absolute atomic E-state index is 0.0839. The number of phenolic OH excluding ortho intramolecular Hbond substituents is 1. The first-order valence-corrected chi connectivity index (χ1v) is 10.6. The zero-order valence-corrected chi connectivity index (χ0v) is 20.1. The number of carbonyl (C=O) groups is 2. The Bertz CT molecular complexity index is 1200. The molecule has 0 fully saturated rings. The molecular formula is C24H21BrN2O7. The number of phenols is 1. The molecule has 176 valence electrons. The van der Waals surface area contributed by atoms with Gasteiger partial charge in [0.2, 0.25) is 5.75 Å². The smallest absolute Gasteiger partial charge is 0.343 e. The summed E-state index contributed by atoms with van der Waals surface area (Å²) in [5, 5.41) is 13.7. The Morgan fingerprint density at radius 3 is 2.18 bits per heavy atom. The summed E-state index contributed by atoms with van der Waals surface area (Å²) in [5.41, 5.74) is 3.29. The van der Waals surface area contributed by atoms with Crippen molar-refractivity contribution in [3.05, 3.63) is 75.8 Å². The second-order valence-corrected chi connectivity index (χ2v) is 7.65. The maximum absolute atomic E-state index is 12.6. The van der Waals surface area contributed by atoms with Crippen LogP contribution in [0.2, 0.25) is 0 Å². The number of methoxy groups -OCH3 is 3. The van der Waals surface area contributed by atoms with E-state index < -0.39 is 11.9 Å². The first-order chi connectivity index (χ1) is 16.4. The number of halogens is 1. The lowest BCUT2D eigenvalue weighted by Crippen LogP contribution is -2.17. The Labute approximate surface area is 204 Å². The van der Waals surface area contributed by atoms with Gasteiger partial charge in [-0.1, -0.05) is 15.9 Å². The zero-order chi connectivity index (χ0) is 24.7. The number of nitrogens with zero attached hydrogens (tertiary/aromatic N) is 1. The van der Waals surface area contributed by atoms with Crippen molar-refractivity contribution in [2.75, 3.05) is 21.3 Å². The van der Waals surface area contributed by atoms with Gasteiger partial charge in [0, 0.05) is 4.47 Å². The van der Waals surface area contributed by atoms with Crippen LogP contribution in [0.5, 0.6) is 28.7 Å². The molecule has 0 heterocycles. The predicted molar refractivity (Wildman–Crippen MR) is 128 cm³/mol. The highest BCUT2D eigenvalue weighted by molar-refractivity contribution is 9.10. The van der Waals surface area contributed by atoms with Crippen LogP contribution in [-0.2, 0) is 0 Å². The van der Waals surface area contributed by atoms with E-state index in [1.807, 2.05) is 0 Å². The van der Waals surface area contributed by atoms with Crippen molar-refractivity contribution in [1.82, 2.24) is 5.43 Å². The van der Waals surface area contributed by atoms with Crippen molar-refractivity contribution in [3.63, 3.8) is 0 Å². The predicted octanol–water partition coefficient (Wildman–Crippen LogP) is 4.16. The maximum atomic E-state index is 12.6. The van der Waals surface area contributed by atoms with Gasteiger partial charge in [-0.15, -0.1) is 0 Å². The highest BCUT2D eigenvalue weighted by Gasteiger charge is 2.18. The molecule has 0 aliphatic rings. The first-order valence-electron chi connectivity index (χ1n) is 9.80. The number of carbonyl (C=O) groups excluding carboxylic acids is 2. The van der Waals surface area contributed by atoms with E-state index >= 15 is 0 Å². The molecule has 0 aliphatic heterocycles. The quantitative estimate of drug-likeness (QED) is 0.195. The molecule has 0 unspecified atom stereocenters. The SMILES string of the molecule is COc1cc(C(=O)Oc2ccc(/C=N\NC(=O)c3cc(Br)ccc3O)cc2)cc(OC)c1OC. The molecule has 0 aromatic heterocycles. The van der Waals surface area contributed by atoms with Gasteiger partial charge in [-0.2, -0.15) is 5.10 Å². The number of amides is 1. The van der Waals surface area contributed by atoms with Gasteiger partial charge in [-0.3, -0.25) is 4.79 Å². The summed E-state index contributed by atoms with van der Waals surface area (Å²) < 4.78 is 21.8. The summed E-state index contributed by atoms with van der Waals surface area (Å²) in [4.78, 5) is 24.8. The molecule has 2 N–H and O–H groups in total. The Hall–Kier alpha value is -4.05. The molecule has 3 rings (SSSR count). The van der Waals surface area contributed by atoms with Gasteiger partial charge >= 0.3 is 5.97 Å². The van der Waals surface area contributed by atoms with Gasteiger partial charge in [-0.25, -0.2) is 10.2 Å². The topological polar surface area (TPSA) is 116 Å². The fraction of sp³-hybridized carbons (Fsp3) is 0.125. The van der Waals surface area contributed by atoms with Crippen molar-refractivity contribution >= 4 is 34.0 Å². The molecule has 0 spiro atoms. The number of ether oxygens (including phenoxy) is 4. The number of hydrogen-bond donors (Lipinski definition) is 2. The number of aromatic hydroxyl groups is 1. The van der Waals surface area contributed by atoms with E-state index in [1.54, 1.807) is 30.3 Å². The number of nitrogens with one attached hydrogen (secondary N) is 1.